The number of amides is 1. The van der Waals surface area contributed by atoms with Crippen molar-refractivity contribution in [2.24, 2.45) is 5.92 Å². The van der Waals surface area contributed by atoms with Gasteiger partial charge in [-0.25, -0.2) is 13.1 Å². The molecule has 1 N–H and O–H groups in total. The number of carbonyl (C=O) groups excluding carboxylic acids is 1. The first-order valence-electron chi connectivity index (χ1n) is 8.33. The van der Waals surface area contributed by atoms with Crippen molar-refractivity contribution in [2.45, 2.75) is 24.7 Å². The Balaban J connectivity index is 2.03. The maximum absolute atomic E-state index is 12.5. The molecule has 0 aromatic heterocycles. The molecule has 0 saturated carbocycles. The van der Waals surface area contributed by atoms with E-state index in [1.54, 1.807) is 12.1 Å². The van der Waals surface area contributed by atoms with E-state index < -0.39 is 10.0 Å². The predicted molar refractivity (Wildman–Crippen MR) is 94.5 cm³/mol. The highest BCUT2D eigenvalue weighted by molar-refractivity contribution is 7.89. The summed E-state index contributed by atoms with van der Waals surface area (Å²) in [6.45, 7) is 4.67. The van der Waals surface area contributed by atoms with Crippen molar-refractivity contribution in [3.8, 4) is 0 Å². The number of hydrogen-bond donors (Lipinski definition) is 1. The van der Waals surface area contributed by atoms with Crippen molar-refractivity contribution in [3.63, 3.8) is 0 Å². The molecule has 1 atom stereocenters. The average Bonchev–Trinajstić information content (AvgIpc) is 2.54. The minimum absolute atomic E-state index is 0.0222. The highest BCUT2D eigenvalue weighted by Crippen LogP contribution is 2.19. The molecule has 2 rings (SSSR count). The average molecular weight is 353 g/mol. The summed E-state index contributed by atoms with van der Waals surface area (Å²) in [6, 6.07) is 6.20. The number of carbonyl (C=O) groups is 1. The van der Waals surface area contributed by atoms with Crippen LogP contribution in [0.25, 0.3) is 0 Å². The van der Waals surface area contributed by atoms with Gasteiger partial charge in [-0.3, -0.25) is 4.79 Å². The van der Waals surface area contributed by atoms with E-state index in [0.29, 0.717) is 24.6 Å². The number of benzene rings is 1. The summed E-state index contributed by atoms with van der Waals surface area (Å²) in [5.74, 6) is 0.495. The fourth-order valence-corrected chi connectivity index (χ4v) is 3.84. The number of piperidine rings is 1. The Morgan fingerprint density at radius 2 is 1.96 bits per heavy atom. The van der Waals surface area contributed by atoms with Gasteiger partial charge in [-0.15, -0.1) is 0 Å². The Hall–Kier alpha value is -1.44. The van der Waals surface area contributed by atoms with Crippen LogP contribution in [0.1, 0.15) is 30.1 Å². The third-order valence-electron chi connectivity index (χ3n) is 4.21. The quantitative estimate of drug-likeness (QED) is 0.839. The lowest BCUT2D eigenvalue weighted by Gasteiger charge is -2.31. The van der Waals surface area contributed by atoms with Crippen molar-refractivity contribution in [1.29, 1.82) is 0 Å². The second kappa shape index (κ2) is 8.09. The SMILES string of the molecule is CC1CCCN(C(=O)c2ccc(S(=O)(=O)NCCN(C)C)cc2)C1. The summed E-state index contributed by atoms with van der Waals surface area (Å²) in [5.41, 5.74) is 0.538. The fraction of sp³-hybridized carbons (Fsp3) is 0.588. The smallest absolute Gasteiger partial charge is 0.253 e. The van der Waals surface area contributed by atoms with Gasteiger partial charge in [0.1, 0.15) is 0 Å². The van der Waals surface area contributed by atoms with Crippen LogP contribution in [0.5, 0.6) is 0 Å². The Labute approximate surface area is 144 Å². The highest BCUT2D eigenvalue weighted by Gasteiger charge is 2.22. The third-order valence-corrected chi connectivity index (χ3v) is 5.68. The van der Waals surface area contributed by atoms with Crippen LogP contribution in [-0.4, -0.2) is 64.4 Å². The van der Waals surface area contributed by atoms with E-state index in [2.05, 4.69) is 11.6 Å². The molecule has 24 heavy (non-hydrogen) atoms. The van der Waals surface area contributed by atoms with E-state index in [0.717, 1.165) is 25.9 Å². The molecule has 0 spiro atoms. The maximum atomic E-state index is 12.5. The molecule has 1 fully saturated rings. The summed E-state index contributed by atoms with van der Waals surface area (Å²) >= 11 is 0. The monoisotopic (exact) mass is 353 g/mol. The van der Waals surface area contributed by atoms with Crippen molar-refractivity contribution in [2.75, 3.05) is 40.3 Å². The molecular weight excluding hydrogens is 326 g/mol. The fourth-order valence-electron chi connectivity index (χ4n) is 2.82. The second-order valence-corrected chi connectivity index (χ2v) is 8.49. The molecular formula is C17H27N3O3S. The van der Waals surface area contributed by atoms with Crippen molar-refractivity contribution in [1.82, 2.24) is 14.5 Å². The molecule has 0 radical (unpaired) electrons. The van der Waals surface area contributed by atoms with E-state index in [4.69, 9.17) is 0 Å². The first-order valence-corrected chi connectivity index (χ1v) is 9.81. The zero-order valence-electron chi connectivity index (χ0n) is 14.7. The van der Waals surface area contributed by atoms with Crippen LogP contribution in [0, 0.1) is 5.92 Å². The van der Waals surface area contributed by atoms with Crippen molar-refractivity contribution < 1.29 is 13.2 Å². The van der Waals surface area contributed by atoms with Gasteiger partial charge in [0.25, 0.3) is 5.91 Å². The van der Waals surface area contributed by atoms with Crippen LogP contribution in [0.3, 0.4) is 0 Å². The highest BCUT2D eigenvalue weighted by atomic mass is 32.2. The Kier molecular flexibility index (Phi) is 6.37. The lowest BCUT2D eigenvalue weighted by molar-refractivity contribution is 0.0683. The first-order chi connectivity index (χ1) is 11.3. The van der Waals surface area contributed by atoms with Gasteiger partial charge in [-0.2, -0.15) is 0 Å². The molecule has 0 bridgehead atoms. The molecule has 1 aliphatic rings. The molecule has 134 valence electrons. The molecule has 1 amide bonds. The summed E-state index contributed by atoms with van der Waals surface area (Å²) in [6.07, 6.45) is 2.18. The number of nitrogens with one attached hydrogen (secondary N) is 1. The van der Waals surface area contributed by atoms with Crippen LogP contribution in [0.4, 0.5) is 0 Å². The van der Waals surface area contributed by atoms with Crippen LogP contribution in [0.2, 0.25) is 0 Å². The molecule has 0 aliphatic carbocycles. The van der Waals surface area contributed by atoms with Crippen LogP contribution in [0.15, 0.2) is 29.2 Å². The molecule has 7 heteroatoms. The molecule has 1 aromatic rings. The summed E-state index contributed by atoms with van der Waals surface area (Å²) < 4.78 is 27.0. The van der Waals surface area contributed by atoms with Crippen molar-refractivity contribution >= 4 is 15.9 Å². The van der Waals surface area contributed by atoms with Gasteiger partial charge in [0, 0.05) is 31.7 Å². The van der Waals surface area contributed by atoms with E-state index in [9.17, 15) is 13.2 Å². The molecule has 1 aliphatic heterocycles. The molecule has 1 aromatic carbocycles. The maximum Gasteiger partial charge on any atom is 0.253 e. The largest absolute Gasteiger partial charge is 0.338 e. The molecule has 1 unspecified atom stereocenters. The minimum Gasteiger partial charge on any atom is -0.338 e. The van der Waals surface area contributed by atoms with Gasteiger partial charge < -0.3 is 9.80 Å². The number of rotatable bonds is 6. The second-order valence-electron chi connectivity index (χ2n) is 6.72. The van der Waals surface area contributed by atoms with Crippen molar-refractivity contribution in [3.05, 3.63) is 29.8 Å². The van der Waals surface area contributed by atoms with Crippen LogP contribution < -0.4 is 4.72 Å². The minimum atomic E-state index is -3.53. The Bertz CT molecular complexity index is 656. The predicted octanol–water partition coefficient (Wildman–Crippen LogP) is 1.40. The van der Waals surface area contributed by atoms with Gasteiger partial charge in [0.05, 0.1) is 4.90 Å². The zero-order valence-corrected chi connectivity index (χ0v) is 15.5. The summed E-state index contributed by atoms with van der Waals surface area (Å²) in [4.78, 5) is 16.5. The van der Waals surface area contributed by atoms with Gasteiger partial charge in [0.15, 0.2) is 0 Å². The summed E-state index contributed by atoms with van der Waals surface area (Å²) in [5, 5.41) is 0. The number of likely N-dealkylation sites (N-methyl/N-ethyl adjacent to an activating group) is 1. The lowest BCUT2D eigenvalue weighted by atomic mass is 9.99. The number of nitrogens with zero attached hydrogens (tertiary/aromatic N) is 2. The first kappa shape index (κ1) is 18.9. The normalized spacial score (nSPS) is 18.8. The zero-order chi connectivity index (χ0) is 17.7. The Morgan fingerprint density at radius 3 is 2.54 bits per heavy atom. The van der Waals surface area contributed by atoms with E-state index >= 15 is 0 Å². The standard InChI is InChI=1S/C17H27N3O3S/c1-14-5-4-11-20(13-14)17(21)15-6-8-16(9-7-15)24(22,23)18-10-12-19(2)3/h6-9,14,18H,4-5,10-13H2,1-3H3. The third kappa shape index (κ3) is 5.03. The number of likely N-dealkylation sites (tertiary alicyclic amines) is 1. The van der Waals surface area contributed by atoms with Gasteiger partial charge >= 0.3 is 0 Å². The number of sulfonamides is 1. The molecule has 1 heterocycles. The van der Waals surface area contributed by atoms with Crippen LogP contribution >= 0.6 is 0 Å². The van der Waals surface area contributed by atoms with Gasteiger partial charge in [-0.1, -0.05) is 6.92 Å². The lowest BCUT2D eigenvalue weighted by Crippen LogP contribution is -2.39. The Morgan fingerprint density at radius 1 is 1.29 bits per heavy atom. The molecule has 1 saturated heterocycles. The van der Waals surface area contributed by atoms with Gasteiger partial charge in [-0.05, 0) is 57.1 Å². The van der Waals surface area contributed by atoms with E-state index in [-0.39, 0.29) is 10.8 Å². The van der Waals surface area contributed by atoms with Gasteiger partial charge in [0.2, 0.25) is 10.0 Å². The number of hydrogen-bond acceptors (Lipinski definition) is 4. The molecule has 6 nitrogen and oxygen atoms in total. The van der Waals surface area contributed by atoms with E-state index in [1.807, 2.05) is 23.9 Å². The summed E-state index contributed by atoms with van der Waals surface area (Å²) in [7, 11) is 0.237. The van der Waals surface area contributed by atoms with Crippen LogP contribution in [-0.2, 0) is 10.0 Å². The topological polar surface area (TPSA) is 69.7 Å². The van der Waals surface area contributed by atoms with E-state index in [1.165, 1.54) is 12.1 Å².